The van der Waals surface area contributed by atoms with Crippen molar-refractivity contribution in [3.63, 3.8) is 0 Å². The fourth-order valence-electron chi connectivity index (χ4n) is 9.20. The second-order valence-corrected chi connectivity index (χ2v) is 12.5. The normalized spacial score (nSPS) is 40.6. The van der Waals surface area contributed by atoms with Crippen LogP contribution in [0.4, 0.5) is 0 Å². The molecule has 1 heterocycles. The highest BCUT2D eigenvalue weighted by Gasteiger charge is 2.60. The number of nitrogens with zero attached hydrogens (tertiary/aromatic N) is 2. The molecule has 7 atom stereocenters. The Morgan fingerprint density at radius 3 is 2.57 bits per heavy atom. The molecule has 0 spiro atoms. The van der Waals surface area contributed by atoms with Crippen molar-refractivity contribution in [2.24, 2.45) is 40.9 Å². The smallest absolute Gasteiger partial charge is 0.115 e. The third-order valence-electron chi connectivity index (χ3n) is 10.6. The first kappa shape index (κ1) is 21.0. The van der Waals surface area contributed by atoms with Crippen LogP contribution in [0, 0.1) is 40.9 Å². The third kappa shape index (κ3) is 3.10. The summed E-state index contributed by atoms with van der Waals surface area (Å²) in [7, 11) is 0. The molecule has 0 amide bonds. The van der Waals surface area contributed by atoms with E-state index < -0.39 is 0 Å². The molecular weight excluding hydrogens is 364 g/mol. The second-order valence-electron chi connectivity index (χ2n) is 12.5. The van der Waals surface area contributed by atoms with Crippen LogP contribution in [0.15, 0.2) is 6.33 Å². The van der Waals surface area contributed by atoms with E-state index in [1.54, 1.807) is 5.56 Å². The van der Waals surface area contributed by atoms with E-state index >= 15 is 0 Å². The van der Waals surface area contributed by atoms with Crippen molar-refractivity contribution in [1.29, 1.82) is 0 Å². The summed E-state index contributed by atoms with van der Waals surface area (Å²) in [6.45, 7) is 12.6. The average Bonchev–Trinajstić information content (AvgIpc) is 3.05. The van der Waals surface area contributed by atoms with Gasteiger partial charge in [0, 0.05) is 17.0 Å². The fraction of sp³-hybridized carbons (Fsp3) is 0.857. The molecular formula is C28H44N2. The molecule has 2 heteroatoms. The van der Waals surface area contributed by atoms with Gasteiger partial charge in [0.1, 0.15) is 6.33 Å². The van der Waals surface area contributed by atoms with Crippen molar-refractivity contribution in [3.8, 4) is 0 Å². The van der Waals surface area contributed by atoms with Crippen LogP contribution in [-0.4, -0.2) is 9.97 Å². The highest BCUT2D eigenvalue weighted by atomic mass is 14.9. The molecule has 1 aromatic heterocycles. The monoisotopic (exact) mass is 408 g/mol. The first-order valence-corrected chi connectivity index (χ1v) is 13.2. The number of hydrogen-bond acceptors (Lipinski definition) is 2. The molecule has 166 valence electrons. The van der Waals surface area contributed by atoms with Crippen molar-refractivity contribution < 1.29 is 0 Å². The minimum absolute atomic E-state index is 0.343. The molecule has 0 aliphatic heterocycles. The number of aromatic nitrogens is 2. The van der Waals surface area contributed by atoms with Gasteiger partial charge in [-0.3, -0.25) is 0 Å². The van der Waals surface area contributed by atoms with E-state index in [9.17, 15) is 0 Å². The number of fused-ring (bicyclic) bond motifs is 4. The van der Waals surface area contributed by atoms with E-state index in [0.717, 1.165) is 35.5 Å². The van der Waals surface area contributed by atoms with Crippen LogP contribution in [0.3, 0.4) is 0 Å². The van der Waals surface area contributed by atoms with Gasteiger partial charge >= 0.3 is 0 Å². The zero-order chi connectivity index (χ0) is 21.1. The Bertz CT molecular complexity index is 785. The van der Waals surface area contributed by atoms with Gasteiger partial charge in [0.2, 0.25) is 0 Å². The number of rotatable bonds is 5. The molecule has 0 N–H and O–H groups in total. The summed E-state index contributed by atoms with van der Waals surface area (Å²) < 4.78 is 0. The molecule has 0 aromatic carbocycles. The van der Waals surface area contributed by atoms with Gasteiger partial charge in [0.15, 0.2) is 0 Å². The molecule has 0 unspecified atom stereocenters. The summed E-state index contributed by atoms with van der Waals surface area (Å²) in [5, 5.41) is 0. The summed E-state index contributed by atoms with van der Waals surface area (Å²) in [4.78, 5) is 9.63. The van der Waals surface area contributed by atoms with Crippen LogP contribution in [0.5, 0.6) is 0 Å². The molecule has 2 fully saturated rings. The molecule has 2 saturated carbocycles. The summed E-state index contributed by atoms with van der Waals surface area (Å²) in [6, 6.07) is 0. The number of aryl methyl sites for hydroxylation is 1. The Kier molecular flexibility index (Phi) is 5.30. The predicted molar refractivity (Wildman–Crippen MR) is 124 cm³/mol. The third-order valence-corrected chi connectivity index (χ3v) is 10.6. The number of hydrogen-bond donors (Lipinski definition) is 0. The Hall–Kier alpha value is -0.920. The highest BCUT2D eigenvalue weighted by molar-refractivity contribution is 5.40. The molecule has 30 heavy (non-hydrogen) atoms. The van der Waals surface area contributed by atoms with Crippen LogP contribution >= 0.6 is 0 Å². The quantitative estimate of drug-likeness (QED) is 0.517. The molecule has 5 rings (SSSR count). The van der Waals surface area contributed by atoms with Gasteiger partial charge in [-0.15, -0.1) is 0 Å². The van der Waals surface area contributed by atoms with Gasteiger partial charge in [0.05, 0.1) is 0 Å². The van der Waals surface area contributed by atoms with E-state index in [1.807, 2.05) is 6.33 Å². The Labute approximate surface area is 185 Å². The lowest BCUT2D eigenvalue weighted by Gasteiger charge is -2.58. The van der Waals surface area contributed by atoms with E-state index in [4.69, 9.17) is 9.97 Å². The van der Waals surface area contributed by atoms with Crippen LogP contribution in [0.1, 0.15) is 109 Å². The topological polar surface area (TPSA) is 25.8 Å². The molecule has 0 saturated heterocycles. The first-order valence-electron chi connectivity index (χ1n) is 13.2. The van der Waals surface area contributed by atoms with E-state index in [0.29, 0.717) is 10.8 Å². The predicted octanol–water partition coefficient (Wildman–Crippen LogP) is 7.15. The van der Waals surface area contributed by atoms with Crippen LogP contribution in [0.2, 0.25) is 0 Å². The Morgan fingerprint density at radius 1 is 0.967 bits per heavy atom. The van der Waals surface area contributed by atoms with Gasteiger partial charge in [-0.05, 0) is 97.7 Å². The Balaban J connectivity index is 1.41. The molecule has 4 aliphatic rings. The van der Waals surface area contributed by atoms with Crippen LogP contribution in [0.25, 0.3) is 0 Å². The highest BCUT2D eigenvalue weighted by Crippen LogP contribution is 2.66. The largest absolute Gasteiger partial charge is 0.241 e. The van der Waals surface area contributed by atoms with Gasteiger partial charge < -0.3 is 0 Å². The lowest BCUT2D eigenvalue weighted by Crippen LogP contribution is -2.53. The van der Waals surface area contributed by atoms with E-state index in [-0.39, 0.29) is 0 Å². The molecule has 0 bridgehead atoms. The van der Waals surface area contributed by atoms with Gasteiger partial charge in [-0.25, -0.2) is 9.97 Å². The molecule has 4 aliphatic carbocycles. The maximum absolute atomic E-state index is 4.89. The summed E-state index contributed by atoms with van der Waals surface area (Å²) in [5.41, 5.74) is 5.33. The van der Waals surface area contributed by atoms with Gasteiger partial charge in [0.25, 0.3) is 0 Å². The zero-order valence-electron chi connectivity index (χ0n) is 20.2. The lowest BCUT2D eigenvalue weighted by atomic mass is 9.46. The standard InChI is InChI=1S/C28H44N2/c1-18(2)8-6-9-19(3)21-11-12-22-20-16-25-26-24(29-17-30-25)10-7-14-28(26,5)23(20)13-15-27(21,22)4/h17-23H,6-16H2,1-5H3/t19-,20+,21-,22+,23+,27-,28-/m1/s1. The minimum atomic E-state index is 0.343. The van der Waals surface area contributed by atoms with E-state index in [2.05, 4.69) is 34.6 Å². The second kappa shape index (κ2) is 7.59. The summed E-state index contributed by atoms with van der Waals surface area (Å²) in [6.07, 6.45) is 17.1. The van der Waals surface area contributed by atoms with E-state index in [1.165, 1.54) is 82.0 Å². The minimum Gasteiger partial charge on any atom is -0.241 e. The fourth-order valence-corrected chi connectivity index (χ4v) is 9.20. The lowest BCUT2D eigenvalue weighted by molar-refractivity contribution is -0.0394. The molecule has 1 aromatic rings. The SMILES string of the molecule is CC(C)CCC[C@@H](C)[C@H]1CC[C@H]2[C@@H]3Cc4ncnc5c4[C@](C)(CCC5)[C@H]3CC[C@]12C. The zero-order valence-corrected chi connectivity index (χ0v) is 20.2. The van der Waals surface area contributed by atoms with Crippen LogP contribution in [-0.2, 0) is 18.3 Å². The summed E-state index contributed by atoms with van der Waals surface area (Å²) >= 11 is 0. The van der Waals surface area contributed by atoms with Crippen molar-refractivity contribution in [3.05, 3.63) is 23.3 Å². The maximum atomic E-state index is 4.89. The summed E-state index contributed by atoms with van der Waals surface area (Å²) in [5.74, 6) is 5.32. The first-order chi connectivity index (χ1) is 14.3. The maximum Gasteiger partial charge on any atom is 0.115 e. The van der Waals surface area contributed by atoms with Crippen LogP contribution < -0.4 is 0 Å². The molecule has 0 radical (unpaired) electrons. The van der Waals surface area contributed by atoms with Crippen molar-refractivity contribution in [1.82, 2.24) is 9.97 Å². The molecule has 2 nitrogen and oxygen atoms in total. The average molecular weight is 409 g/mol. The van der Waals surface area contributed by atoms with Gasteiger partial charge in [-0.1, -0.05) is 53.9 Å². The van der Waals surface area contributed by atoms with Crippen molar-refractivity contribution in [2.45, 2.75) is 111 Å². The van der Waals surface area contributed by atoms with Crippen molar-refractivity contribution >= 4 is 0 Å². The van der Waals surface area contributed by atoms with Gasteiger partial charge in [-0.2, -0.15) is 0 Å². The Morgan fingerprint density at radius 2 is 1.77 bits per heavy atom. The van der Waals surface area contributed by atoms with Crippen molar-refractivity contribution in [2.75, 3.05) is 0 Å².